The van der Waals surface area contributed by atoms with E-state index in [1.54, 1.807) is 28.8 Å². The number of anilines is 1. The Balaban J connectivity index is 1.59. The third-order valence-corrected chi connectivity index (χ3v) is 4.99. The number of aromatic nitrogens is 4. The van der Waals surface area contributed by atoms with E-state index in [4.69, 9.17) is 19.0 Å². The van der Waals surface area contributed by atoms with Gasteiger partial charge in [-0.2, -0.15) is 0 Å². The molecule has 1 fully saturated rings. The van der Waals surface area contributed by atoms with Crippen LogP contribution in [0.25, 0.3) is 11.2 Å². The molecule has 1 aromatic carbocycles. The quantitative estimate of drug-likeness (QED) is 0.428. The number of imidazole rings is 1. The van der Waals surface area contributed by atoms with Crippen LogP contribution in [0.15, 0.2) is 43.0 Å². The van der Waals surface area contributed by atoms with Crippen molar-refractivity contribution in [3.8, 4) is 0 Å². The van der Waals surface area contributed by atoms with Crippen LogP contribution in [-0.2, 0) is 9.26 Å². The minimum atomic E-state index is -2.58. The van der Waals surface area contributed by atoms with Crippen molar-refractivity contribution in [1.82, 2.24) is 19.5 Å². The maximum Gasteiger partial charge on any atom is 0.327 e. The highest BCUT2D eigenvalue weighted by molar-refractivity contribution is 7.39. The lowest BCUT2D eigenvalue weighted by molar-refractivity contribution is -0.0404. The normalized spacial score (nSPS) is 21.7. The molecule has 1 saturated heterocycles. The topological polar surface area (TPSA) is 152 Å². The first-order valence-corrected chi connectivity index (χ1v) is 9.88. The number of nitrogens with one attached hydrogen (secondary N) is 1. The van der Waals surface area contributed by atoms with Gasteiger partial charge in [0.25, 0.3) is 5.91 Å². The molecule has 4 rings (SSSR count). The van der Waals surface area contributed by atoms with Crippen LogP contribution in [0.1, 0.15) is 23.0 Å². The molecule has 2 aromatic heterocycles. The van der Waals surface area contributed by atoms with E-state index in [1.165, 1.54) is 12.7 Å². The molecule has 1 amide bonds. The van der Waals surface area contributed by atoms with Crippen molar-refractivity contribution in [1.29, 1.82) is 0 Å². The minimum absolute atomic E-state index is 0.251. The van der Waals surface area contributed by atoms with Crippen molar-refractivity contribution in [2.75, 3.05) is 11.9 Å². The van der Waals surface area contributed by atoms with Crippen molar-refractivity contribution in [3.63, 3.8) is 0 Å². The molecule has 3 heterocycles. The van der Waals surface area contributed by atoms with Crippen molar-refractivity contribution < 1.29 is 28.9 Å². The van der Waals surface area contributed by atoms with Crippen LogP contribution in [0.5, 0.6) is 0 Å². The highest BCUT2D eigenvalue weighted by Gasteiger charge is 2.39. The molecule has 11 nitrogen and oxygen atoms in total. The summed E-state index contributed by atoms with van der Waals surface area (Å²) in [6, 6.07) is 8.71. The largest absolute Gasteiger partial charge is 0.394 e. The van der Waals surface area contributed by atoms with Crippen molar-refractivity contribution in [3.05, 3.63) is 48.5 Å². The van der Waals surface area contributed by atoms with E-state index in [0.29, 0.717) is 16.7 Å². The first-order chi connectivity index (χ1) is 14.1. The van der Waals surface area contributed by atoms with Crippen LogP contribution in [0.4, 0.5) is 5.82 Å². The van der Waals surface area contributed by atoms with Gasteiger partial charge in [0.05, 0.1) is 19.0 Å². The molecule has 0 aliphatic carbocycles. The van der Waals surface area contributed by atoms with E-state index in [-0.39, 0.29) is 24.8 Å². The molecule has 0 radical (unpaired) electrons. The minimum Gasteiger partial charge on any atom is -0.394 e. The second kappa shape index (κ2) is 8.46. The Morgan fingerprint density at radius 3 is 2.79 bits per heavy atom. The van der Waals surface area contributed by atoms with Crippen molar-refractivity contribution >= 4 is 31.5 Å². The standard InChI is InChI=1S/C17H18N5O6P/c23-7-12-11(28-29(25)26)6-13(27-12)22-9-20-14-15(18-8-19-16(14)22)21-17(24)10-4-2-1-3-5-10/h1-5,8-9,11-13,23,25-26H,6-7H2,(H,18,19,21,24)/t11-,12+,13+/m0/s1. The molecule has 4 N–H and O–H groups in total. The first-order valence-electron chi connectivity index (χ1n) is 8.71. The van der Waals surface area contributed by atoms with Gasteiger partial charge in [-0.15, -0.1) is 0 Å². The van der Waals surface area contributed by atoms with E-state index in [9.17, 15) is 9.90 Å². The van der Waals surface area contributed by atoms with Gasteiger partial charge in [-0.25, -0.2) is 15.0 Å². The Bertz CT molecular complexity index is 1000. The second-order valence-electron chi connectivity index (χ2n) is 6.31. The van der Waals surface area contributed by atoms with Gasteiger partial charge in [0.1, 0.15) is 18.7 Å². The fourth-order valence-electron chi connectivity index (χ4n) is 3.19. The fourth-order valence-corrected chi connectivity index (χ4v) is 3.65. The Kier molecular flexibility index (Phi) is 5.76. The van der Waals surface area contributed by atoms with E-state index in [2.05, 4.69) is 20.3 Å². The maximum atomic E-state index is 12.4. The van der Waals surface area contributed by atoms with Crippen molar-refractivity contribution in [2.24, 2.45) is 0 Å². The Morgan fingerprint density at radius 1 is 1.28 bits per heavy atom. The Morgan fingerprint density at radius 2 is 2.07 bits per heavy atom. The SMILES string of the molecule is O=C(Nc1ncnc2c1ncn2[C@H]1C[C@H](OP(O)O)[C@@H](CO)O1)c1ccccc1. The van der Waals surface area contributed by atoms with Gasteiger partial charge in [0.15, 0.2) is 17.0 Å². The van der Waals surface area contributed by atoms with Gasteiger partial charge >= 0.3 is 8.60 Å². The van der Waals surface area contributed by atoms with E-state index < -0.39 is 27.0 Å². The predicted molar refractivity (Wildman–Crippen MR) is 102 cm³/mol. The van der Waals surface area contributed by atoms with E-state index in [0.717, 1.165) is 0 Å². The molecule has 29 heavy (non-hydrogen) atoms. The Labute approximate surface area is 166 Å². The van der Waals surface area contributed by atoms with Crippen LogP contribution in [0.2, 0.25) is 0 Å². The summed E-state index contributed by atoms with van der Waals surface area (Å²) in [6.45, 7) is -0.343. The highest BCUT2D eigenvalue weighted by atomic mass is 31.2. The number of benzene rings is 1. The Hall–Kier alpha value is -2.53. The lowest BCUT2D eigenvalue weighted by Crippen LogP contribution is -2.26. The number of amides is 1. The number of rotatable bonds is 6. The summed E-state index contributed by atoms with van der Waals surface area (Å²) in [4.78, 5) is 43.3. The zero-order chi connectivity index (χ0) is 20.4. The number of aliphatic hydroxyl groups is 1. The van der Waals surface area contributed by atoms with Crippen LogP contribution < -0.4 is 5.32 Å². The summed E-state index contributed by atoms with van der Waals surface area (Å²) in [5.74, 6) is -0.0772. The average Bonchev–Trinajstić information content (AvgIpc) is 3.32. The number of aliphatic hydroxyl groups excluding tert-OH is 1. The number of hydrogen-bond acceptors (Lipinski definition) is 9. The van der Waals surface area contributed by atoms with Gasteiger partial charge in [-0.3, -0.25) is 9.36 Å². The molecule has 0 bridgehead atoms. The number of hydrogen-bond donors (Lipinski definition) is 4. The smallest absolute Gasteiger partial charge is 0.327 e. The fraction of sp³-hybridized carbons (Fsp3) is 0.294. The molecule has 3 atom stereocenters. The first kappa shape index (κ1) is 19.8. The number of carbonyl (C=O) groups is 1. The van der Waals surface area contributed by atoms with Gasteiger partial charge < -0.3 is 29.5 Å². The number of ether oxygens (including phenoxy) is 1. The molecule has 0 unspecified atom stereocenters. The van der Waals surface area contributed by atoms with Gasteiger partial charge in [-0.1, -0.05) is 18.2 Å². The molecule has 12 heteroatoms. The zero-order valence-electron chi connectivity index (χ0n) is 15.0. The molecule has 1 aliphatic rings. The van der Waals surface area contributed by atoms with Crippen LogP contribution in [-0.4, -0.2) is 59.1 Å². The summed E-state index contributed by atoms with van der Waals surface area (Å²) < 4.78 is 12.4. The van der Waals surface area contributed by atoms with Crippen molar-refractivity contribution in [2.45, 2.75) is 24.9 Å². The van der Waals surface area contributed by atoms with Gasteiger partial charge in [-0.05, 0) is 12.1 Å². The van der Waals surface area contributed by atoms with Crippen LogP contribution >= 0.6 is 8.60 Å². The summed E-state index contributed by atoms with van der Waals surface area (Å²) in [5, 5.41) is 12.2. The summed E-state index contributed by atoms with van der Waals surface area (Å²) in [5.41, 5.74) is 1.27. The number of carbonyl (C=O) groups excluding carboxylic acids is 1. The third kappa shape index (κ3) is 4.10. The third-order valence-electron chi connectivity index (χ3n) is 4.53. The molecule has 152 valence electrons. The predicted octanol–water partition coefficient (Wildman–Crippen LogP) is 0.955. The molecular weight excluding hydrogens is 401 g/mol. The monoisotopic (exact) mass is 419 g/mol. The van der Waals surface area contributed by atoms with Gasteiger partial charge in [0, 0.05) is 12.0 Å². The van der Waals surface area contributed by atoms with E-state index in [1.807, 2.05) is 6.07 Å². The maximum absolute atomic E-state index is 12.4. The molecule has 0 spiro atoms. The van der Waals surface area contributed by atoms with Gasteiger partial charge in [0.2, 0.25) is 0 Å². The lowest BCUT2D eigenvalue weighted by atomic mass is 10.2. The van der Waals surface area contributed by atoms with Crippen LogP contribution in [0, 0.1) is 0 Å². The highest BCUT2D eigenvalue weighted by Crippen LogP contribution is 2.39. The second-order valence-corrected chi connectivity index (χ2v) is 7.03. The molecule has 1 aliphatic heterocycles. The lowest BCUT2D eigenvalue weighted by Gasteiger charge is -2.16. The number of nitrogens with zero attached hydrogens (tertiary/aromatic N) is 4. The molecule has 0 saturated carbocycles. The van der Waals surface area contributed by atoms with Crippen LogP contribution in [0.3, 0.4) is 0 Å². The van der Waals surface area contributed by atoms with E-state index >= 15 is 0 Å². The average molecular weight is 419 g/mol. The number of fused-ring (bicyclic) bond motifs is 1. The zero-order valence-corrected chi connectivity index (χ0v) is 15.9. The molecule has 3 aromatic rings. The summed E-state index contributed by atoms with van der Waals surface area (Å²) >= 11 is 0. The summed E-state index contributed by atoms with van der Waals surface area (Å²) in [7, 11) is -2.58. The summed E-state index contributed by atoms with van der Waals surface area (Å²) in [6.07, 6.45) is 1.04. The molecular formula is C17H18N5O6P.